The second-order valence-electron chi connectivity index (χ2n) is 5.49. The monoisotopic (exact) mass is 313 g/mol. The maximum absolute atomic E-state index is 12.3. The van der Waals surface area contributed by atoms with E-state index < -0.39 is 11.6 Å². The number of nitrogens with zero attached hydrogens (tertiary/aromatic N) is 3. The number of aromatic nitrogens is 1. The molecule has 0 radical (unpaired) electrons. The van der Waals surface area contributed by atoms with Crippen LogP contribution in [0.4, 0.5) is 4.79 Å². The molecule has 0 aromatic carbocycles. The third-order valence-electron chi connectivity index (χ3n) is 3.42. The fourth-order valence-corrected chi connectivity index (χ4v) is 3.06. The zero-order valence-corrected chi connectivity index (χ0v) is 13.1. The maximum Gasteiger partial charge on any atom is 0.329 e. The van der Waals surface area contributed by atoms with Gasteiger partial charge in [-0.15, -0.1) is 11.3 Å². The Hall–Kier alpha value is -1.67. The van der Waals surface area contributed by atoms with Crippen molar-refractivity contribution in [2.45, 2.75) is 26.0 Å². The molecular weight excluding hydrogens is 294 g/mol. The van der Waals surface area contributed by atoms with Gasteiger partial charge in [-0.25, -0.2) is 14.6 Å². The molecule has 0 unspecified atom stereocenters. The number of urea groups is 1. The van der Waals surface area contributed by atoms with Crippen LogP contribution in [0.3, 0.4) is 0 Å². The van der Waals surface area contributed by atoms with Gasteiger partial charge in [0, 0.05) is 11.9 Å². The quantitative estimate of drug-likeness (QED) is 0.882. The van der Waals surface area contributed by atoms with Gasteiger partial charge in [-0.1, -0.05) is 0 Å². The molecule has 0 atom stereocenters. The first-order chi connectivity index (χ1) is 9.81. The molecule has 8 heteroatoms. The van der Waals surface area contributed by atoms with Crippen molar-refractivity contribution >= 4 is 23.3 Å². The summed E-state index contributed by atoms with van der Waals surface area (Å²) in [6.45, 7) is 4.74. The van der Waals surface area contributed by atoms with Gasteiger partial charge in [0.2, 0.25) is 0 Å². The van der Waals surface area contributed by atoms with E-state index in [1.807, 2.05) is 13.8 Å². The number of thiazole rings is 1. The van der Waals surface area contributed by atoms with Crippen LogP contribution < -0.4 is 0 Å². The molecule has 0 saturated carbocycles. The molecule has 2 heterocycles. The number of carbonyl (C=O) groups excluding carboxylic acids is 1. The minimum Gasteiger partial charge on any atom is -0.480 e. The molecule has 2 rings (SSSR count). The first-order valence-electron chi connectivity index (χ1n) is 6.55. The Bertz CT molecular complexity index is 539. The van der Waals surface area contributed by atoms with Crippen molar-refractivity contribution in [1.29, 1.82) is 0 Å². The van der Waals surface area contributed by atoms with Crippen molar-refractivity contribution in [3.05, 3.63) is 16.1 Å². The van der Waals surface area contributed by atoms with Crippen LogP contribution in [-0.4, -0.2) is 64.2 Å². The van der Waals surface area contributed by atoms with Gasteiger partial charge >= 0.3 is 12.0 Å². The summed E-state index contributed by atoms with van der Waals surface area (Å²) in [4.78, 5) is 31.3. The van der Waals surface area contributed by atoms with Crippen LogP contribution in [0.1, 0.15) is 17.5 Å². The van der Waals surface area contributed by atoms with Crippen molar-refractivity contribution < 1.29 is 19.4 Å². The molecule has 2 amide bonds. The van der Waals surface area contributed by atoms with E-state index in [0.717, 1.165) is 10.6 Å². The average molecular weight is 313 g/mol. The highest BCUT2D eigenvalue weighted by atomic mass is 32.1. The van der Waals surface area contributed by atoms with E-state index in [1.165, 1.54) is 11.3 Å². The van der Waals surface area contributed by atoms with Gasteiger partial charge in [-0.2, -0.15) is 0 Å². The summed E-state index contributed by atoms with van der Waals surface area (Å²) in [5.41, 5.74) is 2.15. The molecule has 1 aliphatic heterocycles. The summed E-state index contributed by atoms with van der Waals surface area (Å²) in [7, 11) is 1.75. The number of hydrogen-bond donors (Lipinski definition) is 1. The van der Waals surface area contributed by atoms with Gasteiger partial charge < -0.3 is 19.6 Å². The molecule has 1 aromatic heterocycles. The van der Waals surface area contributed by atoms with E-state index in [0.29, 0.717) is 19.6 Å². The summed E-state index contributed by atoms with van der Waals surface area (Å²) in [5.74, 6) is -1.00. The Morgan fingerprint density at radius 2 is 2.24 bits per heavy atom. The van der Waals surface area contributed by atoms with Gasteiger partial charge in [0.15, 0.2) is 0 Å². The second-order valence-corrected chi connectivity index (χ2v) is 6.43. The smallest absolute Gasteiger partial charge is 0.329 e. The highest BCUT2D eigenvalue weighted by Crippen LogP contribution is 2.26. The number of aliphatic carboxylic acids is 1. The standard InChI is InChI=1S/C13H19N3O4S/c1-9-10(21-8-14-9)4-15(3)12(19)16-6-13(2,7-16)20-5-11(17)18/h8H,4-7H2,1-3H3,(H,17,18). The van der Waals surface area contributed by atoms with Crippen LogP contribution >= 0.6 is 11.3 Å². The van der Waals surface area contributed by atoms with Crippen molar-refractivity contribution in [2.75, 3.05) is 26.7 Å². The zero-order valence-electron chi connectivity index (χ0n) is 12.3. The minimum absolute atomic E-state index is 0.0841. The SMILES string of the molecule is Cc1ncsc1CN(C)C(=O)N1CC(C)(OCC(=O)O)C1. The van der Waals surface area contributed by atoms with Gasteiger partial charge in [0.1, 0.15) is 12.2 Å². The highest BCUT2D eigenvalue weighted by Gasteiger charge is 2.43. The van der Waals surface area contributed by atoms with Crippen LogP contribution in [0.5, 0.6) is 0 Å². The van der Waals surface area contributed by atoms with Crippen LogP contribution in [0, 0.1) is 6.92 Å². The number of aryl methyl sites for hydroxylation is 1. The molecule has 1 fully saturated rings. The molecule has 21 heavy (non-hydrogen) atoms. The number of amides is 2. The molecular formula is C13H19N3O4S. The van der Waals surface area contributed by atoms with Crippen molar-refractivity contribution in [3.63, 3.8) is 0 Å². The van der Waals surface area contributed by atoms with Crippen LogP contribution in [0.25, 0.3) is 0 Å². The summed E-state index contributed by atoms with van der Waals surface area (Å²) >= 11 is 1.53. The number of carbonyl (C=O) groups is 2. The minimum atomic E-state index is -1.00. The lowest BCUT2D eigenvalue weighted by atomic mass is 9.97. The molecule has 1 N–H and O–H groups in total. The molecule has 0 spiro atoms. The molecule has 1 aromatic rings. The van der Waals surface area contributed by atoms with Gasteiger partial charge in [0.25, 0.3) is 0 Å². The van der Waals surface area contributed by atoms with Crippen LogP contribution in [-0.2, 0) is 16.1 Å². The van der Waals surface area contributed by atoms with E-state index in [4.69, 9.17) is 9.84 Å². The maximum atomic E-state index is 12.3. The number of rotatable bonds is 5. The lowest BCUT2D eigenvalue weighted by Crippen LogP contribution is -2.65. The van der Waals surface area contributed by atoms with E-state index in [1.54, 1.807) is 22.4 Å². The number of carboxylic acid groups (broad SMARTS) is 1. The lowest BCUT2D eigenvalue weighted by molar-refractivity contribution is -0.160. The Morgan fingerprint density at radius 3 is 2.76 bits per heavy atom. The van der Waals surface area contributed by atoms with E-state index in [-0.39, 0.29) is 12.6 Å². The fraction of sp³-hybridized carbons (Fsp3) is 0.615. The highest BCUT2D eigenvalue weighted by molar-refractivity contribution is 7.09. The summed E-state index contributed by atoms with van der Waals surface area (Å²) < 4.78 is 5.29. The Kier molecular flexibility index (Phi) is 4.48. The predicted octanol–water partition coefficient (Wildman–Crippen LogP) is 1.18. The van der Waals surface area contributed by atoms with Crippen LogP contribution in [0.2, 0.25) is 0 Å². The Labute approximate surface area is 127 Å². The molecule has 0 bridgehead atoms. The van der Waals surface area contributed by atoms with Gasteiger partial charge in [0.05, 0.1) is 30.8 Å². The summed E-state index contributed by atoms with van der Waals surface area (Å²) in [6, 6.07) is -0.0841. The number of likely N-dealkylation sites (tertiary alicyclic amines) is 1. The largest absolute Gasteiger partial charge is 0.480 e. The first kappa shape index (κ1) is 15.7. The zero-order chi connectivity index (χ0) is 15.6. The second kappa shape index (κ2) is 5.98. The van der Waals surface area contributed by atoms with Crippen molar-refractivity contribution in [3.8, 4) is 0 Å². The van der Waals surface area contributed by atoms with E-state index >= 15 is 0 Å². The van der Waals surface area contributed by atoms with Gasteiger partial charge in [-0.05, 0) is 13.8 Å². The van der Waals surface area contributed by atoms with Crippen molar-refractivity contribution in [1.82, 2.24) is 14.8 Å². The Morgan fingerprint density at radius 1 is 1.57 bits per heavy atom. The third-order valence-corrected chi connectivity index (χ3v) is 4.34. The lowest BCUT2D eigenvalue weighted by Gasteiger charge is -2.48. The predicted molar refractivity (Wildman–Crippen MR) is 77.3 cm³/mol. The first-order valence-corrected chi connectivity index (χ1v) is 7.43. The fourth-order valence-electron chi connectivity index (χ4n) is 2.23. The molecule has 7 nitrogen and oxygen atoms in total. The molecule has 1 saturated heterocycles. The number of carboxylic acids is 1. The topological polar surface area (TPSA) is 83.0 Å². The van der Waals surface area contributed by atoms with Crippen LogP contribution in [0.15, 0.2) is 5.51 Å². The van der Waals surface area contributed by atoms with E-state index in [9.17, 15) is 9.59 Å². The molecule has 116 valence electrons. The summed E-state index contributed by atoms with van der Waals surface area (Å²) in [5, 5.41) is 8.61. The molecule has 0 aliphatic carbocycles. The van der Waals surface area contributed by atoms with E-state index in [2.05, 4.69) is 4.98 Å². The average Bonchev–Trinajstić information content (AvgIpc) is 2.78. The van der Waals surface area contributed by atoms with Crippen molar-refractivity contribution in [2.24, 2.45) is 0 Å². The normalized spacial score (nSPS) is 16.4. The van der Waals surface area contributed by atoms with Gasteiger partial charge in [-0.3, -0.25) is 0 Å². The number of ether oxygens (including phenoxy) is 1. The summed E-state index contributed by atoms with van der Waals surface area (Å²) in [6.07, 6.45) is 0. The third kappa shape index (κ3) is 3.70. The molecule has 1 aliphatic rings. The Balaban J connectivity index is 1.83. The number of hydrogen-bond acceptors (Lipinski definition) is 5.